The molecule has 1 amide bonds. The van der Waals surface area contributed by atoms with Crippen LogP contribution in [0.3, 0.4) is 0 Å². The Bertz CT molecular complexity index is 1090. The molecule has 0 saturated carbocycles. The quantitative estimate of drug-likeness (QED) is 0.359. The van der Waals surface area contributed by atoms with E-state index in [-0.39, 0.29) is 29.2 Å². The van der Waals surface area contributed by atoms with Gasteiger partial charge < -0.3 is 4.74 Å². The fourth-order valence-corrected chi connectivity index (χ4v) is 4.87. The van der Waals surface area contributed by atoms with Gasteiger partial charge in [0.15, 0.2) is 0 Å². The summed E-state index contributed by atoms with van der Waals surface area (Å²) in [5.41, 5.74) is 2.92. The van der Waals surface area contributed by atoms with E-state index in [9.17, 15) is 17.6 Å². The SMILES string of the molecule is CC(C)CC(C(=O)NO)C(N1CCC(Oc2ccc(F)cc2-c2cccnc2)CC1)=S(=O)=O. The normalized spacial score (nSPS) is 15.8. The molecular weight excluding hydrogens is 449 g/mol. The summed E-state index contributed by atoms with van der Waals surface area (Å²) in [6.07, 6.45) is 4.38. The zero-order valence-corrected chi connectivity index (χ0v) is 19.4. The van der Waals surface area contributed by atoms with Gasteiger partial charge in [-0.15, -0.1) is 0 Å². The number of rotatable bonds is 7. The third-order valence-corrected chi connectivity index (χ3v) is 6.45. The minimum Gasteiger partial charge on any atom is -0.490 e. The molecule has 1 aliphatic rings. The molecule has 1 saturated heterocycles. The minimum absolute atomic E-state index is 0.0217. The molecule has 0 radical (unpaired) electrons. The van der Waals surface area contributed by atoms with E-state index in [1.165, 1.54) is 12.1 Å². The number of nitrogens with zero attached hydrogens (tertiary/aromatic N) is 2. The van der Waals surface area contributed by atoms with Crippen molar-refractivity contribution in [3.8, 4) is 16.9 Å². The number of ether oxygens (including phenoxy) is 1. The van der Waals surface area contributed by atoms with Gasteiger partial charge in [-0.1, -0.05) is 19.9 Å². The molecule has 0 spiro atoms. The highest BCUT2D eigenvalue weighted by Gasteiger charge is 2.33. The van der Waals surface area contributed by atoms with Crippen LogP contribution in [0.4, 0.5) is 4.39 Å². The van der Waals surface area contributed by atoms with E-state index in [1.807, 2.05) is 19.9 Å². The second kappa shape index (κ2) is 11.4. The Kier molecular flexibility index (Phi) is 8.54. The summed E-state index contributed by atoms with van der Waals surface area (Å²) in [5.74, 6) is -1.52. The van der Waals surface area contributed by atoms with Gasteiger partial charge in [-0.05, 0) is 49.4 Å². The molecule has 2 N–H and O–H groups in total. The van der Waals surface area contributed by atoms with E-state index in [4.69, 9.17) is 9.94 Å². The van der Waals surface area contributed by atoms with Crippen molar-refractivity contribution in [2.75, 3.05) is 13.1 Å². The molecule has 3 rings (SSSR count). The molecule has 8 nitrogen and oxygen atoms in total. The van der Waals surface area contributed by atoms with Gasteiger partial charge in [0, 0.05) is 36.6 Å². The smallest absolute Gasteiger partial charge is 0.252 e. The maximum Gasteiger partial charge on any atom is 0.252 e. The van der Waals surface area contributed by atoms with E-state index >= 15 is 0 Å². The number of carbonyl (C=O) groups excluding carboxylic acids is 1. The molecule has 2 aromatic rings. The monoisotopic (exact) mass is 477 g/mol. The van der Waals surface area contributed by atoms with Gasteiger partial charge in [0.2, 0.25) is 10.3 Å². The van der Waals surface area contributed by atoms with Gasteiger partial charge in [-0.25, -0.2) is 9.87 Å². The number of hydroxylamine groups is 1. The van der Waals surface area contributed by atoms with Crippen molar-refractivity contribution < 1.29 is 27.5 Å². The Morgan fingerprint density at radius 2 is 2.03 bits per heavy atom. The number of benzene rings is 1. The van der Waals surface area contributed by atoms with Gasteiger partial charge in [-0.2, -0.15) is 8.42 Å². The molecule has 178 valence electrons. The molecule has 0 aliphatic carbocycles. The van der Waals surface area contributed by atoms with Crippen LogP contribution in [-0.4, -0.2) is 53.6 Å². The second-order valence-electron chi connectivity index (χ2n) is 8.42. The van der Waals surface area contributed by atoms with Crippen LogP contribution >= 0.6 is 0 Å². The number of piperidine rings is 1. The standard InChI is InChI=1S/C23H28FN3O5S/c1-15(2)12-20(22(28)26-29)23(33(30)31)27-10-7-18(8-11-27)32-21-6-5-17(24)13-19(21)16-4-3-9-25-14-16/h3-6,9,13-15,18,20,29H,7-8,10-12H2,1-2H3,(H,26,28). The number of carbonyl (C=O) groups is 1. The van der Waals surface area contributed by atoms with Crippen LogP contribution in [0, 0.1) is 17.7 Å². The van der Waals surface area contributed by atoms with Gasteiger partial charge >= 0.3 is 0 Å². The number of halogens is 1. The molecule has 33 heavy (non-hydrogen) atoms. The van der Waals surface area contributed by atoms with Crippen molar-refractivity contribution in [1.29, 1.82) is 0 Å². The molecule has 1 aliphatic heterocycles. The van der Waals surface area contributed by atoms with Gasteiger partial charge in [0.25, 0.3) is 5.91 Å². The summed E-state index contributed by atoms with van der Waals surface area (Å²) in [6.45, 7) is 4.49. The number of likely N-dealkylation sites (tertiary alicyclic amines) is 1. The lowest BCUT2D eigenvalue weighted by atomic mass is 9.94. The first-order chi connectivity index (χ1) is 15.8. The van der Waals surface area contributed by atoms with E-state index in [2.05, 4.69) is 4.98 Å². The largest absolute Gasteiger partial charge is 0.490 e. The predicted octanol–water partition coefficient (Wildman–Crippen LogP) is 2.91. The van der Waals surface area contributed by atoms with Gasteiger partial charge in [0.05, 0.1) is 5.92 Å². The van der Waals surface area contributed by atoms with E-state index in [1.54, 1.807) is 34.9 Å². The number of amides is 1. The highest BCUT2D eigenvalue weighted by atomic mass is 32.2. The first kappa shape index (κ1) is 24.8. The first-order valence-corrected chi connectivity index (χ1v) is 11.9. The molecule has 0 bridgehead atoms. The summed E-state index contributed by atoms with van der Waals surface area (Å²) >= 11 is 0. The third kappa shape index (κ3) is 6.37. The summed E-state index contributed by atoms with van der Waals surface area (Å²) in [4.78, 5) is 17.9. The number of hydrogen-bond donors (Lipinski definition) is 2. The summed E-state index contributed by atoms with van der Waals surface area (Å²) in [7, 11) is -2.62. The lowest BCUT2D eigenvalue weighted by molar-refractivity contribution is -0.131. The molecule has 1 aromatic heterocycles. The van der Waals surface area contributed by atoms with Crippen LogP contribution in [0.5, 0.6) is 5.75 Å². The Morgan fingerprint density at radius 1 is 1.30 bits per heavy atom. The van der Waals surface area contributed by atoms with Crippen LogP contribution in [0.25, 0.3) is 11.1 Å². The molecule has 10 heteroatoms. The fraction of sp³-hybridized carbons (Fsp3) is 0.435. The summed E-state index contributed by atoms with van der Waals surface area (Å²) in [5, 5.41) is 9.11. The van der Waals surface area contributed by atoms with Crippen LogP contribution < -0.4 is 10.2 Å². The zero-order chi connectivity index (χ0) is 24.0. The van der Waals surface area contributed by atoms with Crippen molar-refractivity contribution in [3.05, 3.63) is 48.5 Å². The van der Waals surface area contributed by atoms with Crippen LogP contribution in [0.1, 0.15) is 33.1 Å². The van der Waals surface area contributed by atoms with Gasteiger partial charge in [-0.3, -0.25) is 19.9 Å². The molecule has 1 fully saturated rings. The van der Waals surface area contributed by atoms with Crippen molar-refractivity contribution in [1.82, 2.24) is 15.4 Å². The number of nitrogens with one attached hydrogen (secondary N) is 1. The molecule has 1 atom stereocenters. The average Bonchev–Trinajstić information content (AvgIpc) is 2.80. The number of pyridine rings is 1. The Hall–Kier alpha value is -2.82. The summed E-state index contributed by atoms with van der Waals surface area (Å²) in [6, 6.07) is 7.90. The Morgan fingerprint density at radius 3 is 2.61 bits per heavy atom. The van der Waals surface area contributed by atoms with Crippen LogP contribution in [-0.2, 0) is 15.1 Å². The highest BCUT2D eigenvalue weighted by molar-refractivity contribution is 7.73. The summed E-state index contributed by atoms with van der Waals surface area (Å²) < 4.78 is 44.1. The van der Waals surface area contributed by atoms with Crippen molar-refractivity contribution >= 4 is 21.2 Å². The highest BCUT2D eigenvalue weighted by Crippen LogP contribution is 2.32. The van der Waals surface area contributed by atoms with E-state index in [0.29, 0.717) is 37.2 Å². The third-order valence-electron chi connectivity index (χ3n) is 5.56. The van der Waals surface area contributed by atoms with Gasteiger partial charge in [0.1, 0.15) is 22.7 Å². The number of hydrogen-bond acceptors (Lipinski definition) is 6. The lowest BCUT2D eigenvalue weighted by Gasteiger charge is -2.34. The number of aromatic nitrogens is 1. The molecule has 1 aromatic carbocycles. The average molecular weight is 478 g/mol. The van der Waals surface area contributed by atoms with E-state index in [0.717, 1.165) is 5.56 Å². The van der Waals surface area contributed by atoms with E-state index < -0.39 is 22.1 Å². The van der Waals surface area contributed by atoms with Crippen molar-refractivity contribution in [3.63, 3.8) is 0 Å². The minimum atomic E-state index is -2.62. The van der Waals surface area contributed by atoms with Crippen LogP contribution in [0.15, 0.2) is 42.7 Å². The Balaban J connectivity index is 1.75. The molecule has 1 unspecified atom stereocenters. The molecule has 2 heterocycles. The first-order valence-electron chi connectivity index (χ1n) is 10.8. The maximum atomic E-state index is 13.9. The lowest BCUT2D eigenvalue weighted by Crippen LogP contribution is -2.48. The maximum absolute atomic E-state index is 13.9. The van der Waals surface area contributed by atoms with Crippen molar-refractivity contribution in [2.45, 2.75) is 39.2 Å². The second-order valence-corrected chi connectivity index (χ2v) is 9.31. The van der Waals surface area contributed by atoms with Crippen LogP contribution in [0.2, 0.25) is 0 Å². The molecular formula is C23H28FN3O5S. The Labute approximate surface area is 193 Å². The van der Waals surface area contributed by atoms with Crippen molar-refractivity contribution in [2.24, 2.45) is 11.8 Å². The zero-order valence-electron chi connectivity index (χ0n) is 18.6. The predicted molar refractivity (Wildman–Crippen MR) is 122 cm³/mol. The fourth-order valence-electron chi connectivity index (χ4n) is 4.04. The topological polar surface area (TPSA) is 109 Å².